The van der Waals surface area contributed by atoms with Crippen molar-refractivity contribution < 1.29 is 14.6 Å². The zero-order valence-electron chi connectivity index (χ0n) is 8.96. The summed E-state index contributed by atoms with van der Waals surface area (Å²) >= 11 is 0. The molecule has 0 aromatic carbocycles. The van der Waals surface area contributed by atoms with Gasteiger partial charge in [0.25, 0.3) is 0 Å². The molecule has 2 heterocycles. The Hall–Kier alpha value is -1.85. The van der Waals surface area contributed by atoms with Crippen LogP contribution in [-0.2, 0) is 4.79 Å². The Kier molecular flexibility index (Phi) is 2.89. The van der Waals surface area contributed by atoms with Gasteiger partial charge >= 0.3 is 5.97 Å². The molecule has 0 radical (unpaired) electrons. The van der Waals surface area contributed by atoms with Crippen LogP contribution in [0.15, 0.2) is 12.4 Å². The molecule has 0 unspecified atom stereocenters. The third-order valence-electron chi connectivity index (χ3n) is 2.47. The first-order valence-corrected chi connectivity index (χ1v) is 5.13. The minimum atomic E-state index is -0.754. The van der Waals surface area contributed by atoms with Gasteiger partial charge in [-0.15, -0.1) is 0 Å². The van der Waals surface area contributed by atoms with Crippen LogP contribution >= 0.6 is 0 Å². The van der Waals surface area contributed by atoms with Crippen LogP contribution in [0, 0.1) is 5.92 Å². The zero-order valence-corrected chi connectivity index (χ0v) is 8.96. The summed E-state index contributed by atoms with van der Waals surface area (Å²) in [7, 11) is 0. The molecule has 1 saturated heterocycles. The van der Waals surface area contributed by atoms with Gasteiger partial charge in [-0.25, -0.2) is 9.97 Å². The van der Waals surface area contributed by atoms with E-state index in [1.165, 1.54) is 6.33 Å². The standard InChI is InChI=1S/C10H13N3O3/c1-2-16-9-3-8(11-6-12-9)13-4-7(5-13)10(14)15/h3,6-7H,2,4-5H2,1H3,(H,14,15). The molecule has 1 N–H and O–H groups in total. The second-order valence-electron chi connectivity index (χ2n) is 3.59. The number of carboxylic acid groups (broad SMARTS) is 1. The number of hydrogen-bond acceptors (Lipinski definition) is 5. The van der Waals surface area contributed by atoms with Gasteiger partial charge in [-0.3, -0.25) is 4.79 Å². The maximum absolute atomic E-state index is 10.6. The number of aromatic nitrogens is 2. The summed E-state index contributed by atoms with van der Waals surface area (Å²) in [4.78, 5) is 20.6. The Labute approximate surface area is 92.9 Å². The molecule has 0 bridgehead atoms. The van der Waals surface area contributed by atoms with Crippen LogP contribution in [0.2, 0.25) is 0 Å². The third kappa shape index (κ3) is 2.05. The monoisotopic (exact) mass is 223 g/mol. The van der Waals surface area contributed by atoms with Crippen molar-refractivity contribution >= 4 is 11.8 Å². The second-order valence-corrected chi connectivity index (χ2v) is 3.59. The fourth-order valence-corrected chi connectivity index (χ4v) is 1.55. The van der Waals surface area contributed by atoms with E-state index in [-0.39, 0.29) is 5.92 Å². The molecule has 2 rings (SSSR count). The summed E-state index contributed by atoms with van der Waals surface area (Å²) < 4.78 is 5.25. The molecule has 6 heteroatoms. The summed E-state index contributed by atoms with van der Waals surface area (Å²) in [6.45, 7) is 3.43. The molecular weight excluding hydrogens is 210 g/mol. The molecule has 6 nitrogen and oxygen atoms in total. The molecule has 0 atom stereocenters. The normalized spacial score (nSPS) is 15.7. The Morgan fingerprint density at radius 2 is 2.38 bits per heavy atom. The number of aliphatic carboxylic acids is 1. The van der Waals surface area contributed by atoms with Crippen molar-refractivity contribution in [2.24, 2.45) is 5.92 Å². The van der Waals surface area contributed by atoms with Crippen LogP contribution in [0.25, 0.3) is 0 Å². The van der Waals surface area contributed by atoms with Gasteiger partial charge in [0.15, 0.2) is 0 Å². The maximum atomic E-state index is 10.6. The fraction of sp³-hybridized carbons (Fsp3) is 0.500. The van der Waals surface area contributed by atoms with E-state index in [1.807, 2.05) is 11.8 Å². The molecule has 1 fully saturated rings. The predicted molar refractivity (Wildman–Crippen MR) is 56.5 cm³/mol. The SMILES string of the molecule is CCOc1cc(N2CC(C(=O)O)C2)ncn1. The molecule has 0 spiro atoms. The average Bonchev–Trinajstić information content (AvgIpc) is 2.15. The van der Waals surface area contributed by atoms with Gasteiger partial charge in [-0.1, -0.05) is 0 Å². The molecule has 1 aromatic rings. The van der Waals surface area contributed by atoms with E-state index >= 15 is 0 Å². The van der Waals surface area contributed by atoms with Crippen molar-refractivity contribution in [2.75, 3.05) is 24.6 Å². The van der Waals surface area contributed by atoms with E-state index in [0.29, 0.717) is 25.6 Å². The summed E-state index contributed by atoms with van der Waals surface area (Å²) in [5.74, 6) is 0.197. The lowest BCUT2D eigenvalue weighted by molar-refractivity contribution is -0.142. The van der Waals surface area contributed by atoms with Crippen molar-refractivity contribution in [2.45, 2.75) is 6.92 Å². The summed E-state index contributed by atoms with van der Waals surface area (Å²) in [6, 6.07) is 1.72. The van der Waals surface area contributed by atoms with Gasteiger partial charge in [-0.05, 0) is 6.92 Å². The van der Waals surface area contributed by atoms with Crippen LogP contribution < -0.4 is 9.64 Å². The molecule has 86 valence electrons. The Bertz CT molecular complexity index is 391. The third-order valence-corrected chi connectivity index (χ3v) is 2.47. The van der Waals surface area contributed by atoms with Gasteiger partial charge in [0.2, 0.25) is 5.88 Å². The summed E-state index contributed by atoms with van der Waals surface area (Å²) in [6.07, 6.45) is 1.43. The highest BCUT2D eigenvalue weighted by Crippen LogP contribution is 2.24. The molecular formula is C10H13N3O3. The fourth-order valence-electron chi connectivity index (χ4n) is 1.55. The Morgan fingerprint density at radius 1 is 1.62 bits per heavy atom. The average molecular weight is 223 g/mol. The van der Waals surface area contributed by atoms with E-state index < -0.39 is 5.97 Å². The van der Waals surface area contributed by atoms with Gasteiger partial charge in [-0.2, -0.15) is 0 Å². The maximum Gasteiger partial charge on any atom is 0.310 e. The predicted octanol–water partition coefficient (Wildman–Crippen LogP) is 0.396. The Balaban J connectivity index is 2.00. The largest absolute Gasteiger partial charge is 0.481 e. The number of ether oxygens (including phenoxy) is 1. The second kappa shape index (κ2) is 4.34. The molecule has 0 saturated carbocycles. The number of carbonyl (C=O) groups is 1. The van der Waals surface area contributed by atoms with E-state index in [4.69, 9.17) is 9.84 Å². The van der Waals surface area contributed by atoms with Crippen LogP contribution in [-0.4, -0.2) is 40.7 Å². The number of nitrogens with zero attached hydrogens (tertiary/aromatic N) is 3. The van der Waals surface area contributed by atoms with Gasteiger partial charge in [0.1, 0.15) is 12.1 Å². The van der Waals surface area contributed by atoms with E-state index in [9.17, 15) is 4.79 Å². The van der Waals surface area contributed by atoms with E-state index in [2.05, 4.69) is 9.97 Å². The lowest BCUT2D eigenvalue weighted by atomic mass is 10.0. The van der Waals surface area contributed by atoms with Crippen molar-refractivity contribution in [3.05, 3.63) is 12.4 Å². The highest BCUT2D eigenvalue weighted by molar-refractivity contribution is 5.74. The first-order valence-electron chi connectivity index (χ1n) is 5.13. The minimum absolute atomic E-state index is 0.287. The van der Waals surface area contributed by atoms with E-state index in [0.717, 1.165) is 5.82 Å². The quantitative estimate of drug-likeness (QED) is 0.796. The number of rotatable bonds is 4. The van der Waals surface area contributed by atoms with Crippen molar-refractivity contribution in [3.63, 3.8) is 0 Å². The van der Waals surface area contributed by atoms with Gasteiger partial charge in [0, 0.05) is 19.2 Å². The molecule has 1 aromatic heterocycles. The summed E-state index contributed by atoms with van der Waals surface area (Å²) in [5.41, 5.74) is 0. The first-order chi connectivity index (χ1) is 7.70. The lowest BCUT2D eigenvalue weighted by Crippen LogP contribution is -2.50. The summed E-state index contributed by atoms with van der Waals surface area (Å²) in [5, 5.41) is 8.75. The number of carboxylic acids is 1. The van der Waals surface area contributed by atoms with Crippen molar-refractivity contribution in [1.29, 1.82) is 0 Å². The van der Waals surface area contributed by atoms with Gasteiger partial charge < -0.3 is 14.7 Å². The highest BCUT2D eigenvalue weighted by atomic mass is 16.5. The zero-order chi connectivity index (χ0) is 11.5. The van der Waals surface area contributed by atoms with Crippen LogP contribution in [0.3, 0.4) is 0 Å². The van der Waals surface area contributed by atoms with Crippen molar-refractivity contribution in [3.8, 4) is 5.88 Å². The Morgan fingerprint density at radius 3 is 3.00 bits per heavy atom. The van der Waals surface area contributed by atoms with Crippen LogP contribution in [0.4, 0.5) is 5.82 Å². The molecule has 0 aliphatic carbocycles. The first kappa shape index (κ1) is 10.7. The number of hydrogen-bond donors (Lipinski definition) is 1. The topological polar surface area (TPSA) is 75.5 Å². The molecule has 1 aliphatic rings. The van der Waals surface area contributed by atoms with E-state index in [1.54, 1.807) is 6.07 Å². The van der Waals surface area contributed by atoms with Crippen molar-refractivity contribution in [1.82, 2.24) is 9.97 Å². The number of anilines is 1. The smallest absolute Gasteiger partial charge is 0.310 e. The molecule has 0 amide bonds. The van der Waals surface area contributed by atoms with Crippen LogP contribution in [0.5, 0.6) is 5.88 Å². The molecule has 16 heavy (non-hydrogen) atoms. The lowest BCUT2D eigenvalue weighted by Gasteiger charge is -2.37. The van der Waals surface area contributed by atoms with Gasteiger partial charge in [0.05, 0.1) is 12.5 Å². The highest BCUT2D eigenvalue weighted by Gasteiger charge is 2.33. The van der Waals surface area contributed by atoms with Crippen LogP contribution in [0.1, 0.15) is 6.92 Å². The molecule has 1 aliphatic heterocycles. The minimum Gasteiger partial charge on any atom is -0.481 e.